The second-order valence-electron chi connectivity index (χ2n) is 2.80. The maximum Gasteiger partial charge on any atom is 0.139 e. The number of halogens is 1. The predicted molar refractivity (Wildman–Crippen MR) is 51.8 cm³/mol. The van der Waals surface area contributed by atoms with Crippen LogP contribution in [0, 0.1) is 11.3 Å². The molecule has 0 spiro atoms. The molecule has 1 aromatic carbocycles. The van der Waals surface area contributed by atoms with Crippen molar-refractivity contribution in [3.8, 4) is 11.8 Å². The van der Waals surface area contributed by atoms with E-state index in [-0.39, 0.29) is 22.9 Å². The number of aliphatic hydroxyl groups excluding tert-OH is 1. The second-order valence-corrected chi connectivity index (χ2v) is 3.20. The van der Waals surface area contributed by atoms with Gasteiger partial charge in [0.1, 0.15) is 5.75 Å². The minimum atomic E-state index is -0.735. The van der Waals surface area contributed by atoms with Crippen LogP contribution in [0.3, 0.4) is 0 Å². The lowest BCUT2D eigenvalue weighted by molar-refractivity contribution is 0.265. The first-order valence-corrected chi connectivity index (χ1v) is 4.27. The van der Waals surface area contributed by atoms with Gasteiger partial charge < -0.3 is 15.9 Å². The number of aromatic hydroxyl groups is 1. The third kappa shape index (κ3) is 1.96. The highest BCUT2D eigenvalue weighted by atomic mass is 35.5. The number of phenolic OH excluding ortho intramolecular Hbond substituents is 1. The summed E-state index contributed by atoms with van der Waals surface area (Å²) in [5, 5.41) is 27.0. The average molecular weight is 213 g/mol. The maximum atomic E-state index is 9.49. The van der Waals surface area contributed by atoms with Gasteiger partial charge in [0.15, 0.2) is 0 Å². The molecule has 0 saturated carbocycles. The Hall–Kier alpha value is -1.28. The highest BCUT2D eigenvalue weighted by Gasteiger charge is 2.14. The van der Waals surface area contributed by atoms with Crippen molar-refractivity contribution in [3.63, 3.8) is 0 Å². The van der Waals surface area contributed by atoms with Crippen molar-refractivity contribution in [1.82, 2.24) is 0 Å². The molecule has 0 aliphatic carbocycles. The van der Waals surface area contributed by atoms with Gasteiger partial charge in [-0.1, -0.05) is 11.6 Å². The van der Waals surface area contributed by atoms with E-state index in [0.717, 1.165) is 0 Å². The second kappa shape index (κ2) is 4.29. The fraction of sp³-hybridized carbons (Fsp3) is 0.222. The molecule has 5 heteroatoms. The van der Waals surface area contributed by atoms with E-state index in [2.05, 4.69) is 0 Å². The number of hydrogen-bond donors (Lipinski definition) is 3. The molecule has 0 radical (unpaired) electrons. The van der Waals surface area contributed by atoms with Gasteiger partial charge in [0, 0.05) is 5.56 Å². The fourth-order valence-electron chi connectivity index (χ4n) is 1.07. The van der Waals surface area contributed by atoms with E-state index in [0.29, 0.717) is 5.56 Å². The summed E-state index contributed by atoms with van der Waals surface area (Å²) in [4.78, 5) is 0. The van der Waals surface area contributed by atoms with E-state index in [4.69, 9.17) is 27.7 Å². The lowest BCUT2D eigenvalue weighted by Crippen LogP contribution is -2.14. The van der Waals surface area contributed by atoms with Gasteiger partial charge in [-0.3, -0.25) is 0 Å². The Kier molecular flexibility index (Phi) is 3.31. The summed E-state index contributed by atoms with van der Waals surface area (Å²) in [5.41, 5.74) is 6.08. The Morgan fingerprint density at radius 2 is 2.21 bits per heavy atom. The molecule has 0 aliphatic rings. The van der Waals surface area contributed by atoms with Crippen LogP contribution < -0.4 is 5.73 Å². The third-order valence-corrected chi connectivity index (χ3v) is 2.11. The van der Waals surface area contributed by atoms with Crippen LogP contribution in [0.15, 0.2) is 12.1 Å². The molecule has 0 aliphatic heterocycles. The Morgan fingerprint density at radius 3 is 2.71 bits per heavy atom. The number of benzene rings is 1. The average Bonchev–Trinajstić information content (AvgIpc) is 2.20. The summed E-state index contributed by atoms with van der Waals surface area (Å²) in [5.74, 6) is -0.188. The number of nitriles is 1. The van der Waals surface area contributed by atoms with Gasteiger partial charge in [0.2, 0.25) is 0 Å². The molecule has 4 N–H and O–H groups in total. The van der Waals surface area contributed by atoms with Crippen LogP contribution in [0.4, 0.5) is 0 Å². The van der Waals surface area contributed by atoms with Crippen molar-refractivity contribution >= 4 is 11.6 Å². The number of phenols is 1. The van der Waals surface area contributed by atoms with E-state index in [1.54, 1.807) is 0 Å². The SMILES string of the molecule is N#Cc1cc(Cl)c(O)c([C@@H](N)CO)c1. The summed E-state index contributed by atoms with van der Waals surface area (Å²) in [6.45, 7) is -0.321. The van der Waals surface area contributed by atoms with Crippen LogP contribution in [-0.2, 0) is 0 Å². The van der Waals surface area contributed by atoms with E-state index < -0.39 is 6.04 Å². The first-order valence-electron chi connectivity index (χ1n) is 3.89. The molecule has 0 saturated heterocycles. The highest BCUT2D eigenvalue weighted by molar-refractivity contribution is 6.32. The summed E-state index contributed by atoms with van der Waals surface area (Å²) in [7, 11) is 0. The standard InChI is InChI=1S/C9H9ClN2O2/c10-7-2-5(3-11)1-6(9(7)14)8(12)4-13/h1-2,8,13-14H,4,12H2/t8-/m0/s1. The minimum absolute atomic E-state index is 0.0583. The molecule has 0 aromatic heterocycles. The smallest absolute Gasteiger partial charge is 0.139 e. The van der Waals surface area contributed by atoms with Gasteiger partial charge >= 0.3 is 0 Å². The number of rotatable bonds is 2. The largest absolute Gasteiger partial charge is 0.506 e. The van der Waals surface area contributed by atoms with Crippen molar-refractivity contribution < 1.29 is 10.2 Å². The van der Waals surface area contributed by atoms with E-state index in [1.807, 2.05) is 6.07 Å². The van der Waals surface area contributed by atoms with Gasteiger partial charge in [0.05, 0.1) is 29.3 Å². The molecule has 0 heterocycles. The monoisotopic (exact) mass is 212 g/mol. The van der Waals surface area contributed by atoms with Gasteiger partial charge in [-0.25, -0.2) is 0 Å². The maximum absolute atomic E-state index is 9.49. The topological polar surface area (TPSA) is 90.3 Å². The van der Waals surface area contributed by atoms with E-state index in [9.17, 15) is 5.11 Å². The normalized spacial score (nSPS) is 12.1. The first-order chi connectivity index (χ1) is 6.60. The molecule has 4 nitrogen and oxygen atoms in total. The lowest BCUT2D eigenvalue weighted by Gasteiger charge is -2.11. The summed E-state index contributed by atoms with van der Waals surface area (Å²) in [6.07, 6.45) is 0. The zero-order valence-corrected chi connectivity index (χ0v) is 7.99. The zero-order valence-electron chi connectivity index (χ0n) is 7.24. The van der Waals surface area contributed by atoms with Crippen LogP contribution in [0.25, 0.3) is 0 Å². The first kappa shape index (κ1) is 10.8. The molecule has 74 valence electrons. The quantitative estimate of drug-likeness (QED) is 0.680. The fourth-order valence-corrected chi connectivity index (χ4v) is 1.29. The highest BCUT2D eigenvalue weighted by Crippen LogP contribution is 2.31. The third-order valence-electron chi connectivity index (χ3n) is 1.82. The predicted octanol–water partition coefficient (Wildman–Crippen LogP) is 0.909. The van der Waals surface area contributed by atoms with E-state index >= 15 is 0 Å². The Balaban J connectivity index is 3.28. The molecular weight excluding hydrogens is 204 g/mol. The van der Waals surface area contributed by atoms with E-state index in [1.165, 1.54) is 12.1 Å². The van der Waals surface area contributed by atoms with Crippen molar-refractivity contribution in [2.45, 2.75) is 6.04 Å². The Labute approximate surface area is 86.2 Å². The van der Waals surface area contributed by atoms with Crippen molar-refractivity contribution in [2.75, 3.05) is 6.61 Å². The number of nitrogens with two attached hydrogens (primary N) is 1. The summed E-state index contributed by atoms with van der Waals surface area (Å²) < 4.78 is 0. The molecule has 0 unspecified atom stereocenters. The van der Waals surface area contributed by atoms with Crippen molar-refractivity contribution in [1.29, 1.82) is 5.26 Å². The van der Waals surface area contributed by atoms with Gasteiger partial charge in [0.25, 0.3) is 0 Å². The number of aliphatic hydroxyl groups is 1. The minimum Gasteiger partial charge on any atom is -0.506 e. The van der Waals surface area contributed by atoms with Crippen LogP contribution in [0.2, 0.25) is 5.02 Å². The summed E-state index contributed by atoms with van der Waals surface area (Å²) in [6, 6.07) is 3.89. The zero-order chi connectivity index (χ0) is 10.7. The van der Waals surface area contributed by atoms with Crippen molar-refractivity contribution in [2.24, 2.45) is 5.73 Å². The van der Waals surface area contributed by atoms with Crippen LogP contribution in [0.5, 0.6) is 5.75 Å². The van der Waals surface area contributed by atoms with Gasteiger partial charge in [-0.15, -0.1) is 0 Å². The molecule has 0 bridgehead atoms. The Morgan fingerprint density at radius 1 is 1.57 bits per heavy atom. The molecule has 1 rings (SSSR count). The number of hydrogen-bond acceptors (Lipinski definition) is 4. The van der Waals surface area contributed by atoms with Crippen molar-refractivity contribution in [3.05, 3.63) is 28.3 Å². The summed E-state index contributed by atoms with van der Waals surface area (Å²) >= 11 is 5.66. The molecule has 0 fully saturated rings. The van der Waals surface area contributed by atoms with Crippen LogP contribution in [-0.4, -0.2) is 16.8 Å². The van der Waals surface area contributed by atoms with Gasteiger partial charge in [-0.2, -0.15) is 5.26 Å². The molecule has 14 heavy (non-hydrogen) atoms. The molecule has 0 amide bonds. The molecule has 1 aromatic rings. The lowest BCUT2D eigenvalue weighted by atomic mass is 10.0. The molecule has 1 atom stereocenters. The molecular formula is C9H9ClN2O2. The van der Waals surface area contributed by atoms with Crippen LogP contribution >= 0.6 is 11.6 Å². The van der Waals surface area contributed by atoms with Gasteiger partial charge in [-0.05, 0) is 12.1 Å². The number of nitrogens with zero attached hydrogens (tertiary/aromatic N) is 1. The Bertz CT molecular complexity index is 387. The van der Waals surface area contributed by atoms with Crippen LogP contribution in [0.1, 0.15) is 17.2 Å².